The summed E-state index contributed by atoms with van der Waals surface area (Å²) < 4.78 is 29.3. The third-order valence-electron chi connectivity index (χ3n) is 4.00. The molecule has 0 aliphatic heterocycles. The highest BCUT2D eigenvalue weighted by molar-refractivity contribution is 7.86. The number of aryl methyl sites for hydroxylation is 3. The molecular weight excluding hydrogens is 320 g/mol. The first-order valence-electron chi connectivity index (χ1n) is 8.55. The van der Waals surface area contributed by atoms with Crippen LogP contribution in [0.2, 0.25) is 0 Å². The van der Waals surface area contributed by atoms with Crippen LogP contribution in [-0.2, 0) is 27.1 Å². The lowest BCUT2D eigenvalue weighted by Crippen LogP contribution is -2.08. The number of hydrogen-bond acceptors (Lipinski definition) is 3. The van der Waals surface area contributed by atoms with Crippen LogP contribution < -0.4 is 0 Å². The molecule has 0 atom stereocenters. The molecule has 0 saturated heterocycles. The van der Waals surface area contributed by atoms with Crippen molar-refractivity contribution in [1.29, 1.82) is 0 Å². The van der Waals surface area contributed by atoms with Crippen molar-refractivity contribution in [2.75, 3.05) is 6.61 Å². The Hall–Kier alpha value is -1.65. The zero-order valence-electron chi connectivity index (χ0n) is 14.5. The van der Waals surface area contributed by atoms with Gasteiger partial charge in [-0.3, -0.25) is 4.18 Å². The van der Waals surface area contributed by atoms with Gasteiger partial charge in [0.1, 0.15) is 0 Å². The van der Waals surface area contributed by atoms with Crippen LogP contribution >= 0.6 is 0 Å². The van der Waals surface area contributed by atoms with Gasteiger partial charge >= 0.3 is 0 Å². The molecule has 2 aromatic rings. The van der Waals surface area contributed by atoms with Crippen LogP contribution in [0.3, 0.4) is 0 Å². The lowest BCUT2D eigenvalue weighted by atomic mass is 10.0. The normalized spacial score (nSPS) is 11.6. The van der Waals surface area contributed by atoms with Gasteiger partial charge in [-0.2, -0.15) is 8.42 Å². The molecule has 2 rings (SSSR count). The third kappa shape index (κ3) is 5.77. The fourth-order valence-electron chi connectivity index (χ4n) is 2.47. The van der Waals surface area contributed by atoms with Crippen LogP contribution in [0.5, 0.6) is 0 Å². The maximum atomic E-state index is 12.1. The van der Waals surface area contributed by atoms with Crippen molar-refractivity contribution in [2.24, 2.45) is 0 Å². The van der Waals surface area contributed by atoms with Gasteiger partial charge in [0.05, 0.1) is 11.5 Å². The van der Waals surface area contributed by atoms with Crippen LogP contribution in [0.1, 0.15) is 42.9 Å². The Balaban J connectivity index is 1.78. The lowest BCUT2D eigenvalue weighted by Gasteiger charge is -2.07. The fraction of sp³-hybridized carbons (Fsp3) is 0.400. The van der Waals surface area contributed by atoms with Gasteiger partial charge < -0.3 is 0 Å². The first kappa shape index (κ1) is 18.7. The summed E-state index contributed by atoms with van der Waals surface area (Å²) in [6, 6.07) is 15.3. The summed E-state index contributed by atoms with van der Waals surface area (Å²) in [6.07, 6.45) is 5.03. The summed E-state index contributed by atoms with van der Waals surface area (Å²) in [5.41, 5.74) is 3.60. The minimum Gasteiger partial charge on any atom is -0.266 e. The Morgan fingerprint density at radius 1 is 0.833 bits per heavy atom. The SMILES string of the molecule is CCCCc1ccc(CCCOS(=O)(=O)c2ccc(C)cc2)cc1. The molecule has 0 bridgehead atoms. The Bertz CT molecular complexity index is 716. The van der Waals surface area contributed by atoms with E-state index in [0.29, 0.717) is 6.42 Å². The second-order valence-electron chi connectivity index (χ2n) is 6.11. The van der Waals surface area contributed by atoms with Gasteiger partial charge in [0.15, 0.2) is 0 Å². The Kier molecular flexibility index (Phi) is 7.00. The molecule has 0 amide bonds. The molecule has 0 aliphatic rings. The van der Waals surface area contributed by atoms with Gasteiger partial charge in [0.25, 0.3) is 10.1 Å². The number of benzene rings is 2. The first-order chi connectivity index (χ1) is 11.5. The average Bonchev–Trinajstić information content (AvgIpc) is 2.58. The summed E-state index contributed by atoms with van der Waals surface area (Å²) in [5, 5.41) is 0. The molecule has 130 valence electrons. The zero-order valence-corrected chi connectivity index (χ0v) is 15.3. The van der Waals surface area contributed by atoms with E-state index in [1.54, 1.807) is 24.3 Å². The quantitative estimate of drug-likeness (QED) is 0.489. The highest BCUT2D eigenvalue weighted by Crippen LogP contribution is 2.14. The van der Waals surface area contributed by atoms with Crippen molar-refractivity contribution in [3.63, 3.8) is 0 Å². The van der Waals surface area contributed by atoms with E-state index < -0.39 is 10.1 Å². The molecular formula is C20H26O3S. The number of hydrogen-bond donors (Lipinski definition) is 0. The highest BCUT2D eigenvalue weighted by Gasteiger charge is 2.14. The predicted octanol–water partition coefficient (Wildman–Crippen LogP) is 4.68. The zero-order chi connectivity index (χ0) is 17.4. The minimum atomic E-state index is -3.65. The Morgan fingerprint density at radius 2 is 1.38 bits per heavy atom. The Labute approximate surface area is 145 Å². The summed E-state index contributed by atoms with van der Waals surface area (Å²) in [6.45, 7) is 4.32. The molecule has 0 unspecified atom stereocenters. The third-order valence-corrected chi connectivity index (χ3v) is 5.33. The predicted molar refractivity (Wildman–Crippen MR) is 97.7 cm³/mol. The van der Waals surface area contributed by atoms with Crippen LogP contribution in [-0.4, -0.2) is 15.0 Å². The van der Waals surface area contributed by atoms with Crippen molar-refractivity contribution < 1.29 is 12.6 Å². The second-order valence-corrected chi connectivity index (χ2v) is 7.73. The molecule has 4 heteroatoms. The molecule has 0 saturated carbocycles. The molecule has 0 spiro atoms. The molecule has 3 nitrogen and oxygen atoms in total. The van der Waals surface area contributed by atoms with Gasteiger partial charge in [0, 0.05) is 0 Å². The summed E-state index contributed by atoms with van der Waals surface area (Å²) in [5.74, 6) is 0. The van der Waals surface area contributed by atoms with Crippen LogP contribution in [0.25, 0.3) is 0 Å². The molecule has 0 N–H and O–H groups in total. The topological polar surface area (TPSA) is 43.4 Å². The van der Waals surface area contributed by atoms with Gasteiger partial charge in [0.2, 0.25) is 0 Å². The minimum absolute atomic E-state index is 0.202. The summed E-state index contributed by atoms with van der Waals surface area (Å²) in [4.78, 5) is 0.216. The molecule has 0 aliphatic carbocycles. The van der Waals surface area contributed by atoms with E-state index in [9.17, 15) is 8.42 Å². The lowest BCUT2D eigenvalue weighted by molar-refractivity contribution is 0.312. The van der Waals surface area contributed by atoms with E-state index in [2.05, 4.69) is 31.2 Å². The van der Waals surface area contributed by atoms with Crippen molar-refractivity contribution in [3.05, 3.63) is 65.2 Å². The number of unbranched alkanes of at least 4 members (excludes halogenated alkanes) is 1. The molecule has 0 fully saturated rings. The maximum absolute atomic E-state index is 12.1. The van der Waals surface area contributed by atoms with E-state index in [4.69, 9.17) is 4.18 Å². The van der Waals surface area contributed by atoms with Crippen molar-refractivity contribution in [1.82, 2.24) is 0 Å². The van der Waals surface area contributed by atoms with Gasteiger partial charge in [-0.25, -0.2) is 0 Å². The molecule has 0 heterocycles. The summed E-state index contributed by atoms with van der Waals surface area (Å²) >= 11 is 0. The van der Waals surface area contributed by atoms with E-state index in [1.165, 1.54) is 24.0 Å². The average molecular weight is 346 g/mol. The Morgan fingerprint density at radius 3 is 1.92 bits per heavy atom. The monoisotopic (exact) mass is 346 g/mol. The standard InChI is InChI=1S/C20H26O3S/c1-3-4-6-18-10-12-19(13-11-18)7-5-16-23-24(21,22)20-14-8-17(2)9-15-20/h8-15H,3-7,16H2,1-2H3. The highest BCUT2D eigenvalue weighted by atomic mass is 32.2. The van der Waals surface area contributed by atoms with Crippen molar-refractivity contribution in [3.8, 4) is 0 Å². The molecule has 0 radical (unpaired) electrons. The largest absolute Gasteiger partial charge is 0.296 e. The second kappa shape index (κ2) is 9.00. The number of rotatable bonds is 9. The van der Waals surface area contributed by atoms with E-state index >= 15 is 0 Å². The van der Waals surface area contributed by atoms with E-state index in [1.807, 2.05) is 6.92 Å². The van der Waals surface area contributed by atoms with Crippen LogP contribution in [0, 0.1) is 6.92 Å². The van der Waals surface area contributed by atoms with Crippen molar-refractivity contribution >= 4 is 10.1 Å². The molecule has 2 aromatic carbocycles. The smallest absolute Gasteiger partial charge is 0.266 e. The van der Waals surface area contributed by atoms with Crippen LogP contribution in [0.4, 0.5) is 0 Å². The van der Waals surface area contributed by atoms with E-state index in [-0.39, 0.29) is 11.5 Å². The van der Waals surface area contributed by atoms with Gasteiger partial charge in [-0.15, -0.1) is 0 Å². The van der Waals surface area contributed by atoms with Crippen molar-refractivity contribution in [2.45, 2.75) is 50.8 Å². The maximum Gasteiger partial charge on any atom is 0.296 e. The van der Waals surface area contributed by atoms with Gasteiger partial charge in [-0.1, -0.05) is 55.3 Å². The fourth-order valence-corrected chi connectivity index (χ4v) is 3.41. The summed E-state index contributed by atoms with van der Waals surface area (Å²) in [7, 11) is -3.65. The first-order valence-corrected chi connectivity index (χ1v) is 9.96. The van der Waals surface area contributed by atoms with Crippen LogP contribution in [0.15, 0.2) is 53.4 Å². The van der Waals surface area contributed by atoms with E-state index in [0.717, 1.165) is 18.4 Å². The van der Waals surface area contributed by atoms with Gasteiger partial charge in [-0.05, 0) is 55.9 Å². The molecule has 0 aromatic heterocycles. The molecule has 24 heavy (non-hydrogen) atoms.